The Morgan fingerprint density at radius 1 is 1.07 bits per heavy atom. The highest BCUT2D eigenvalue weighted by Gasteiger charge is 2.28. The Labute approximate surface area is 92.6 Å². The molecule has 0 saturated carbocycles. The van der Waals surface area contributed by atoms with E-state index in [9.17, 15) is 0 Å². The van der Waals surface area contributed by atoms with Gasteiger partial charge in [-0.3, -0.25) is 0 Å². The predicted molar refractivity (Wildman–Crippen MR) is 64.0 cm³/mol. The van der Waals surface area contributed by atoms with Gasteiger partial charge in [0.15, 0.2) is 0 Å². The maximum Gasteiger partial charge on any atom is 0.225 e. The molecule has 3 heteroatoms. The Hall–Kier alpha value is -1.12. The first kappa shape index (κ1) is 12.0. The normalized spacial score (nSPS) is 24.7. The van der Waals surface area contributed by atoms with Crippen molar-refractivity contribution >= 4 is 5.95 Å². The summed E-state index contributed by atoms with van der Waals surface area (Å²) in [5.74, 6) is 0.875. The van der Waals surface area contributed by atoms with Crippen LogP contribution in [-0.2, 0) is 0 Å². The number of nitrogens with zero attached hydrogens (tertiary/aromatic N) is 3. The summed E-state index contributed by atoms with van der Waals surface area (Å²) in [5.41, 5.74) is 0. The van der Waals surface area contributed by atoms with E-state index in [4.69, 9.17) is 0 Å². The smallest absolute Gasteiger partial charge is 0.225 e. The molecule has 2 heterocycles. The van der Waals surface area contributed by atoms with E-state index >= 15 is 0 Å². The van der Waals surface area contributed by atoms with Crippen LogP contribution in [0.25, 0.3) is 0 Å². The first-order valence-electron chi connectivity index (χ1n) is 5.84. The molecule has 15 heavy (non-hydrogen) atoms. The molecule has 0 bridgehead atoms. The number of hydrogen-bond acceptors (Lipinski definition) is 3. The van der Waals surface area contributed by atoms with E-state index in [1.165, 1.54) is 12.8 Å². The lowest BCUT2D eigenvalue weighted by atomic mass is 10.2. The molecule has 0 N–H and O–H groups in total. The van der Waals surface area contributed by atoms with Gasteiger partial charge in [-0.15, -0.1) is 0 Å². The molecular weight excluding hydrogens is 186 g/mol. The molecular formula is C12H21N3. The molecule has 1 fully saturated rings. The van der Waals surface area contributed by atoms with E-state index < -0.39 is 0 Å². The number of hydrogen-bond donors (Lipinski definition) is 0. The third kappa shape index (κ3) is 2.67. The van der Waals surface area contributed by atoms with Crippen molar-refractivity contribution in [1.29, 1.82) is 0 Å². The summed E-state index contributed by atoms with van der Waals surface area (Å²) in [7, 11) is 0. The third-order valence-electron chi connectivity index (χ3n) is 2.74. The van der Waals surface area contributed by atoms with Crippen molar-refractivity contribution < 1.29 is 0 Å². The first-order chi connectivity index (χ1) is 7.29. The molecule has 3 nitrogen and oxygen atoms in total. The molecule has 1 aliphatic rings. The Bertz CT molecular complexity index is 263. The standard InChI is InChI=1S/C10H15N3.C2H6/c1-8-4-5-9(2)13(8)10-11-6-3-7-12-10;1-2/h3,6-9H,4-5H2,1-2H3;1-2H3. The van der Waals surface area contributed by atoms with Crippen molar-refractivity contribution in [3.05, 3.63) is 18.5 Å². The molecule has 0 amide bonds. The zero-order valence-corrected chi connectivity index (χ0v) is 10.1. The predicted octanol–water partition coefficient (Wildman–Crippen LogP) is 2.88. The Morgan fingerprint density at radius 2 is 1.53 bits per heavy atom. The van der Waals surface area contributed by atoms with Crippen molar-refractivity contribution in [3.63, 3.8) is 0 Å². The second-order valence-corrected chi connectivity index (χ2v) is 3.73. The minimum atomic E-state index is 0.581. The fraction of sp³-hybridized carbons (Fsp3) is 0.667. The first-order valence-corrected chi connectivity index (χ1v) is 5.84. The highest BCUT2D eigenvalue weighted by atomic mass is 15.3. The van der Waals surface area contributed by atoms with Crippen LogP contribution < -0.4 is 4.90 Å². The molecule has 1 aliphatic heterocycles. The van der Waals surface area contributed by atoms with Gasteiger partial charge in [-0.2, -0.15) is 0 Å². The molecule has 0 radical (unpaired) electrons. The molecule has 0 aromatic carbocycles. The fourth-order valence-electron chi connectivity index (χ4n) is 2.01. The fourth-order valence-corrected chi connectivity index (χ4v) is 2.01. The van der Waals surface area contributed by atoms with Gasteiger partial charge in [0.2, 0.25) is 5.95 Å². The van der Waals surface area contributed by atoms with Crippen molar-refractivity contribution in [2.45, 2.75) is 52.6 Å². The summed E-state index contributed by atoms with van der Waals surface area (Å²) in [4.78, 5) is 10.9. The van der Waals surface area contributed by atoms with Gasteiger partial charge in [-0.1, -0.05) is 13.8 Å². The maximum absolute atomic E-state index is 4.28. The van der Waals surface area contributed by atoms with Crippen LogP contribution >= 0.6 is 0 Å². The quantitative estimate of drug-likeness (QED) is 0.709. The summed E-state index contributed by atoms with van der Waals surface area (Å²) in [6, 6.07) is 3.02. The van der Waals surface area contributed by atoms with Gasteiger partial charge < -0.3 is 4.90 Å². The second-order valence-electron chi connectivity index (χ2n) is 3.73. The van der Waals surface area contributed by atoms with E-state index in [1.54, 1.807) is 12.4 Å². The van der Waals surface area contributed by atoms with Crippen molar-refractivity contribution in [2.24, 2.45) is 0 Å². The highest BCUT2D eigenvalue weighted by Crippen LogP contribution is 2.26. The summed E-state index contributed by atoms with van der Waals surface area (Å²) in [6.45, 7) is 8.47. The van der Waals surface area contributed by atoms with E-state index in [0.717, 1.165) is 5.95 Å². The van der Waals surface area contributed by atoms with Crippen LogP contribution in [0.15, 0.2) is 18.5 Å². The monoisotopic (exact) mass is 207 g/mol. The third-order valence-corrected chi connectivity index (χ3v) is 2.74. The topological polar surface area (TPSA) is 29.0 Å². The highest BCUT2D eigenvalue weighted by molar-refractivity contribution is 5.33. The minimum absolute atomic E-state index is 0.581. The Balaban J connectivity index is 0.000000531. The number of anilines is 1. The molecule has 84 valence electrons. The van der Waals surface area contributed by atoms with Gasteiger partial charge in [0.1, 0.15) is 0 Å². The van der Waals surface area contributed by atoms with Gasteiger partial charge in [-0.25, -0.2) is 9.97 Å². The second kappa shape index (κ2) is 5.69. The molecule has 2 rings (SSSR count). The molecule has 0 aliphatic carbocycles. The average molecular weight is 207 g/mol. The summed E-state index contributed by atoms with van der Waals surface area (Å²) >= 11 is 0. The van der Waals surface area contributed by atoms with Crippen LogP contribution in [-0.4, -0.2) is 22.1 Å². The van der Waals surface area contributed by atoms with E-state index in [0.29, 0.717) is 12.1 Å². The number of aromatic nitrogens is 2. The van der Waals surface area contributed by atoms with Crippen LogP contribution in [0.3, 0.4) is 0 Å². The lowest BCUT2D eigenvalue weighted by molar-refractivity contribution is 0.670. The molecule has 0 spiro atoms. The lowest BCUT2D eigenvalue weighted by Crippen LogP contribution is -2.33. The Kier molecular flexibility index (Phi) is 4.53. The summed E-state index contributed by atoms with van der Waals surface area (Å²) < 4.78 is 0. The molecule has 1 aromatic rings. The SMILES string of the molecule is CC.CC1CCC(C)N1c1ncccn1. The van der Waals surface area contributed by atoms with Crippen LogP contribution in [0.5, 0.6) is 0 Å². The molecule has 1 aromatic heterocycles. The number of rotatable bonds is 1. The van der Waals surface area contributed by atoms with Gasteiger partial charge in [0.25, 0.3) is 0 Å². The van der Waals surface area contributed by atoms with Gasteiger partial charge >= 0.3 is 0 Å². The molecule has 2 atom stereocenters. The molecule has 1 saturated heterocycles. The maximum atomic E-state index is 4.28. The zero-order chi connectivity index (χ0) is 11.3. The zero-order valence-electron chi connectivity index (χ0n) is 10.1. The van der Waals surface area contributed by atoms with Gasteiger partial charge in [0, 0.05) is 24.5 Å². The van der Waals surface area contributed by atoms with E-state index in [1.807, 2.05) is 19.9 Å². The summed E-state index contributed by atoms with van der Waals surface area (Å²) in [6.07, 6.45) is 6.11. The summed E-state index contributed by atoms with van der Waals surface area (Å²) in [5, 5.41) is 0. The Morgan fingerprint density at radius 3 is 2.00 bits per heavy atom. The van der Waals surface area contributed by atoms with Crippen molar-refractivity contribution in [1.82, 2.24) is 9.97 Å². The van der Waals surface area contributed by atoms with Crippen LogP contribution in [0.4, 0.5) is 5.95 Å². The van der Waals surface area contributed by atoms with E-state index in [-0.39, 0.29) is 0 Å². The van der Waals surface area contributed by atoms with E-state index in [2.05, 4.69) is 28.7 Å². The van der Waals surface area contributed by atoms with Crippen LogP contribution in [0.1, 0.15) is 40.5 Å². The van der Waals surface area contributed by atoms with Crippen molar-refractivity contribution in [3.8, 4) is 0 Å². The van der Waals surface area contributed by atoms with Crippen LogP contribution in [0, 0.1) is 0 Å². The van der Waals surface area contributed by atoms with Crippen LogP contribution in [0.2, 0.25) is 0 Å². The van der Waals surface area contributed by atoms with Gasteiger partial charge in [0.05, 0.1) is 0 Å². The lowest BCUT2D eigenvalue weighted by Gasteiger charge is -2.25. The average Bonchev–Trinajstić information content (AvgIpc) is 2.63. The molecule has 2 unspecified atom stereocenters. The van der Waals surface area contributed by atoms with Gasteiger partial charge in [-0.05, 0) is 32.8 Å². The largest absolute Gasteiger partial charge is 0.335 e. The van der Waals surface area contributed by atoms with Crippen molar-refractivity contribution in [2.75, 3.05) is 4.90 Å². The minimum Gasteiger partial charge on any atom is -0.335 e.